The molecule has 0 radical (unpaired) electrons. The minimum atomic E-state index is -0.395. The molecule has 21 heavy (non-hydrogen) atoms. The van der Waals surface area contributed by atoms with Crippen LogP contribution in [0, 0.1) is 0 Å². The number of hydrogen-bond donors (Lipinski definition) is 0. The molecule has 0 saturated carbocycles. The van der Waals surface area contributed by atoms with Crippen molar-refractivity contribution in [2.45, 2.75) is 0 Å². The van der Waals surface area contributed by atoms with Crippen molar-refractivity contribution < 1.29 is 9.53 Å². The van der Waals surface area contributed by atoms with Gasteiger partial charge in [-0.2, -0.15) is 0 Å². The molecular formula is C14H7BrCl4O2. The van der Waals surface area contributed by atoms with Crippen molar-refractivity contribution in [2.75, 3.05) is 7.11 Å². The largest absolute Gasteiger partial charge is 0.496 e. The molecule has 2 rings (SSSR count). The molecule has 0 saturated heterocycles. The van der Waals surface area contributed by atoms with Gasteiger partial charge in [-0.25, -0.2) is 0 Å². The van der Waals surface area contributed by atoms with Crippen LogP contribution < -0.4 is 4.74 Å². The molecule has 2 aromatic rings. The molecule has 2 nitrogen and oxygen atoms in total. The van der Waals surface area contributed by atoms with Gasteiger partial charge in [0.1, 0.15) is 5.75 Å². The van der Waals surface area contributed by atoms with Gasteiger partial charge in [0.25, 0.3) is 0 Å². The number of benzene rings is 2. The lowest BCUT2D eigenvalue weighted by molar-refractivity contribution is 0.103. The van der Waals surface area contributed by atoms with Crippen molar-refractivity contribution in [3.63, 3.8) is 0 Å². The van der Waals surface area contributed by atoms with Gasteiger partial charge in [0.2, 0.25) is 0 Å². The van der Waals surface area contributed by atoms with Crippen LogP contribution in [0.5, 0.6) is 5.75 Å². The first-order chi connectivity index (χ1) is 9.86. The molecule has 0 amide bonds. The van der Waals surface area contributed by atoms with E-state index in [2.05, 4.69) is 15.9 Å². The zero-order valence-electron chi connectivity index (χ0n) is 10.5. The van der Waals surface area contributed by atoms with E-state index in [9.17, 15) is 4.79 Å². The Kier molecular flexibility index (Phi) is 5.44. The normalized spacial score (nSPS) is 10.6. The van der Waals surface area contributed by atoms with Crippen LogP contribution in [0.25, 0.3) is 0 Å². The number of ketones is 1. The van der Waals surface area contributed by atoms with Crippen LogP contribution >= 0.6 is 62.3 Å². The first-order valence-electron chi connectivity index (χ1n) is 5.58. The molecule has 0 N–H and O–H groups in total. The SMILES string of the molecule is COc1cc(Br)ccc1C(=O)c1c(Cl)cc(Cl)c(Cl)c1Cl. The predicted molar refractivity (Wildman–Crippen MR) is 90.6 cm³/mol. The number of carbonyl (C=O) groups is 1. The third kappa shape index (κ3) is 3.33. The Hall–Kier alpha value is -0.450. The van der Waals surface area contributed by atoms with Gasteiger partial charge in [-0.05, 0) is 24.3 Å². The summed E-state index contributed by atoms with van der Waals surface area (Å²) in [6, 6.07) is 6.39. The number of rotatable bonds is 3. The second-order valence-electron chi connectivity index (χ2n) is 4.02. The Morgan fingerprint density at radius 3 is 2.33 bits per heavy atom. The van der Waals surface area contributed by atoms with Gasteiger partial charge in [0.15, 0.2) is 5.78 Å². The average molecular weight is 429 g/mol. The average Bonchev–Trinajstić information content (AvgIpc) is 2.44. The maximum absolute atomic E-state index is 12.7. The van der Waals surface area contributed by atoms with E-state index in [-0.39, 0.29) is 25.7 Å². The lowest BCUT2D eigenvalue weighted by Crippen LogP contribution is -2.06. The van der Waals surface area contributed by atoms with E-state index in [1.807, 2.05) is 0 Å². The van der Waals surface area contributed by atoms with E-state index in [1.54, 1.807) is 18.2 Å². The molecule has 0 aliphatic carbocycles. The molecule has 0 fully saturated rings. The highest BCUT2D eigenvalue weighted by Gasteiger charge is 2.23. The van der Waals surface area contributed by atoms with Crippen LogP contribution in [0.4, 0.5) is 0 Å². The third-order valence-corrected chi connectivity index (χ3v) is 4.80. The predicted octanol–water partition coefficient (Wildman–Crippen LogP) is 6.30. The fourth-order valence-electron chi connectivity index (χ4n) is 1.76. The van der Waals surface area contributed by atoms with Crippen molar-refractivity contribution in [1.82, 2.24) is 0 Å². The Bertz CT molecular complexity index is 731. The molecule has 110 valence electrons. The molecule has 2 aromatic carbocycles. The molecule has 0 spiro atoms. The Balaban J connectivity index is 2.64. The summed E-state index contributed by atoms with van der Waals surface area (Å²) in [6.07, 6.45) is 0. The number of ether oxygens (including phenoxy) is 1. The highest BCUT2D eigenvalue weighted by atomic mass is 79.9. The minimum absolute atomic E-state index is 0.0177. The van der Waals surface area contributed by atoms with Crippen LogP contribution in [0.1, 0.15) is 15.9 Å². The molecule has 0 heterocycles. The maximum Gasteiger partial charge on any atom is 0.199 e. The molecule has 0 aromatic heterocycles. The quantitative estimate of drug-likeness (QED) is 0.325. The summed E-state index contributed by atoms with van der Waals surface area (Å²) < 4.78 is 5.99. The number of hydrogen-bond acceptors (Lipinski definition) is 2. The minimum Gasteiger partial charge on any atom is -0.496 e. The fourth-order valence-corrected chi connectivity index (χ4v) is 3.19. The zero-order chi connectivity index (χ0) is 15.7. The molecule has 0 aliphatic heterocycles. The molecular weight excluding hydrogens is 422 g/mol. The van der Waals surface area contributed by atoms with E-state index in [4.69, 9.17) is 51.1 Å². The van der Waals surface area contributed by atoms with Crippen molar-refractivity contribution >= 4 is 68.1 Å². The van der Waals surface area contributed by atoms with E-state index < -0.39 is 5.78 Å². The van der Waals surface area contributed by atoms with Crippen molar-refractivity contribution in [3.05, 3.63) is 60.0 Å². The van der Waals surface area contributed by atoms with E-state index in [0.717, 1.165) is 4.47 Å². The van der Waals surface area contributed by atoms with Gasteiger partial charge in [0, 0.05) is 4.47 Å². The van der Waals surface area contributed by atoms with Gasteiger partial charge < -0.3 is 4.74 Å². The zero-order valence-corrected chi connectivity index (χ0v) is 15.1. The smallest absolute Gasteiger partial charge is 0.199 e. The van der Waals surface area contributed by atoms with Crippen LogP contribution in [0.15, 0.2) is 28.7 Å². The molecule has 0 bridgehead atoms. The van der Waals surface area contributed by atoms with Gasteiger partial charge >= 0.3 is 0 Å². The summed E-state index contributed by atoms with van der Waals surface area (Å²) >= 11 is 27.3. The topological polar surface area (TPSA) is 26.3 Å². The third-order valence-electron chi connectivity index (χ3n) is 2.75. The lowest BCUT2D eigenvalue weighted by Gasteiger charge is -2.12. The van der Waals surface area contributed by atoms with Crippen LogP contribution in [-0.4, -0.2) is 12.9 Å². The highest BCUT2D eigenvalue weighted by molar-refractivity contribution is 9.10. The van der Waals surface area contributed by atoms with Crippen LogP contribution in [0.2, 0.25) is 20.1 Å². The summed E-state index contributed by atoms with van der Waals surface area (Å²) in [4.78, 5) is 12.7. The van der Waals surface area contributed by atoms with Crippen molar-refractivity contribution in [2.24, 2.45) is 0 Å². The van der Waals surface area contributed by atoms with Gasteiger partial charge in [-0.3, -0.25) is 4.79 Å². The molecule has 0 atom stereocenters. The van der Waals surface area contributed by atoms with Crippen molar-refractivity contribution in [1.29, 1.82) is 0 Å². The van der Waals surface area contributed by atoms with Gasteiger partial charge in [-0.15, -0.1) is 0 Å². The Labute approximate surface area is 150 Å². The summed E-state index contributed by atoms with van der Waals surface area (Å²) in [5.74, 6) is 0.000461. The number of halogens is 5. The summed E-state index contributed by atoms with van der Waals surface area (Å²) in [5, 5.41) is 0.418. The van der Waals surface area contributed by atoms with Crippen LogP contribution in [-0.2, 0) is 0 Å². The monoisotopic (exact) mass is 426 g/mol. The first kappa shape index (κ1) is 16.9. The van der Waals surface area contributed by atoms with E-state index in [0.29, 0.717) is 11.3 Å². The van der Waals surface area contributed by atoms with Gasteiger partial charge in [-0.1, -0.05) is 62.3 Å². The second-order valence-corrected chi connectivity index (χ2v) is 6.50. The Morgan fingerprint density at radius 2 is 1.71 bits per heavy atom. The summed E-state index contributed by atoms with van der Waals surface area (Å²) in [7, 11) is 1.47. The number of methoxy groups -OCH3 is 1. The highest BCUT2D eigenvalue weighted by Crippen LogP contribution is 2.39. The summed E-state index contributed by atoms with van der Waals surface area (Å²) in [5.41, 5.74) is 0.413. The first-order valence-corrected chi connectivity index (χ1v) is 7.88. The molecule has 0 aliphatic rings. The Morgan fingerprint density at radius 1 is 1.05 bits per heavy atom. The summed E-state index contributed by atoms with van der Waals surface area (Å²) in [6.45, 7) is 0. The maximum atomic E-state index is 12.7. The van der Waals surface area contributed by atoms with E-state index >= 15 is 0 Å². The van der Waals surface area contributed by atoms with Crippen LogP contribution in [0.3, 0.4) is 0 Å². The van der Waals surface area contributed by atoms with Crippen molar-refractivity contribution in [3.8, 4) is 5.75 Å². The van der Waals surface area contributed by atoms with Gasteiger partial charge in [0.05, 0.1) is 38.3 Å². The number of carbonyl (C=O) groups excluding carboxylic acids is 1. The second kappa shape index (κ2) is 6.76. The molecule has 7 heteroatoms. The fraction of sp³-hybridized carbons (Fsp3) is 0.0714. The lowest BCUT2D eigenvalue weighted by atomic mass is 10.0. The standard InChI is InChI=1S/C14H7BrCl4O2/c1-21-10-4-6(15)2-3-7(10)14(20)11-8(16)5-9(17)12(18)13(11)19/h2-5H,1H3. The van der Waals surface area contributed by atoms with E-state index in [1.165, 1.54) is 13.2 Å². The molecule has 0 unspecified atom stereocenters.